The first kappa shape index (κ1) is 12.9. The van der Waals surface area contributed by atoms with Crippen molar-refractivity contribution in [2.45, 2.75) is 13.5 Å². The van der Waals surface area contributed by atoms with Crippen molar-refractivity contribution in [3.05, 3.63) is 36.2 Å². The number of phenols is 1. The normalized spacial score (nSPS) is 10.2. The van der Waals surface area contributed by atoms with Gasteiger partial charge in [-0.15, -0.1) is 0 Å². The molecule has 0 bridgehead atoms. The highest BCUT2D eigenvalue weighted by Crippen LogP contribution is 2.26. The highest BCUT2D eigenvalue weighted by atomic mass is 16.5. The van der Waals surface area contributed by atoms with E-state index in [2.05, 4.69) is 10.4 Å². The number of aryl methyl sites for hydroxylation is 1. The molecule has 2 N–H and O–H groups in total. The molecule has 0 saturated carbocycles. The maximum absolute atomic E-state index is 12.0. The number of aromatic hydroxyl groups is 1. The average molecular weight is 261 g/mol. The van der Waals surface area contributed by atoms with Crippen LogP contribution >= 0.6 is 0 Å². The number of ether oxygens (including phenoxy) is 1. The lowest BCUT2D eigenvalue weighted by Gasteiger charge is -2.06. The third-order valence-corrected chi connectivity index (χ3v) is 2.66. The minimum atomic E-state index is -0.311. The Morgan fingerprint density at radius 3 is 2.89 bits per heavy atom. The summed E-state index contributed by atoms with van der Waals surface area (Å²) in [5.74, 6) is -0.0524. The maximum atomic E-state index is 12.0. The van der Waals surface area contributed by atoms with Gasteiger partial charge < -0.3 is 15.2 Å². The van der Waals surface area contributed by atoms with Crippen LogP contribution in [0.5, 0.6) is 11.5 Å². The van der Waals surface area contributed by atoms with Crippen LogP contribution in [0.4, 0.5) is 5.69 Å². The summed E-state index contributed by atoms with van der Waals surface area (Å²) in [5, 5.41) is 16.4. The molecule has 100 valence electrons. The second-order valence-corrected chi connectivity index (χ2v) is 3.93. The lowest BCUT2D eigenvalue weighted by atomic mass is 10.2. The number of rotatable bonds is 4. The molecule has 0 unspecified atom stereocenters. The highest BCUT2D eigenvalue weighted by molar-refractivity contribution is 6.04. The minimum absolute atomic E-state index is 0.0700. The van der Waals surface area contributed by atoms with Crippen LogP contribution in [0.25, 0.3) is 0 Å². The SMILES string of the molecule is CCn1cc(NC(=O)c2ccc(OC)c(O)c2)cn1. The van der Waals surface area contributed by atoms with Gasteiger partial charge in [0.15, 0.2) is 11.5 Å². The number of nitrogens with one attached hydrogen (secondary N) is 1. The van der Waals surface area contributed by atoms with Gasteiger partial charge in [0.2, 0.25) is 0 Å². The number of carbonyl (C=O) groups is 1. The molecule has 2 rings (SSSR count). The van der Waals surface area contributed by atoms with Crippen LogP contribution in [0, 0.1) is 0 Å². The van der Waals surface area contributed by atoms with Crippen molar-refractivity contribution in [1.29, 1.82) is 0 Å². The van der Waals surface area contributed by atoms with Crippen LogP contribution in [-0.2, 0) is 6.54 Å². The van der Waals surface area contributed by atoms with Gasteiger partial charge in [0.1, 0.15) is 0 Å². The van der Waals surface area contributed by atoms with E-state index in [9.17, 15) is 9.90 Å². The van der Waals surface area contributed by atoms with Crippen molar-refractivity contribution in [3.8, 4) is 11.5 Å². The summed E-state index contributed by atoms with van der Waals surface area (Å²) in [5.41, 5.74) is 0.963. The molecule has 0 radical (unpaired) electrons. The summed E-state index contributed by atoms with van der Waals surface area (Å²) in [4.78, 5) is 12.0. The quantitative estimate of drug-likeness (QED) is 0.880. The van der Waals surface area contributed by atoms with Gasteiger partial charge in [-0.1, -0.05) is 0 Å². The number of anilines is 1. The lowest BCUT2D eigenvalue weighted by molar-refractivity contribution is 0.102. The molecule has 19 heavy (non-hydrogen) atoms. The van der Waals surface area contributed by atoms with Gasteiger partial charge in [0.25, 0.3) is 5.91 Å². The Hall–Kier alpha value is -2.50. The average Bonchev–Trinajstić information content (AvgIpc) is 2.86. The zero-order valence-electron chi connectivity index (χ0n) is 10.8. The monoisotopic (exact) mass is 261 g/mol. The fraction of sp³-hybridized carbons (Fsp3) is 0.231. The molecule has 1 heterocycles. The lowest BCUT2D eigenvalue weighted by Crippen LogP contribution is -2.11. The van der Waals surface area contributed by atoms with Crippen molar-refractivity contribution in [1.82, 2.24) is 9.78 Å². The Bertz CT molecular complexity index is 593. The van der Waals surface area contributed by atoms with Crippen molar-refractivity contribution >= 4 is 11.6 Å². The first-order valence-electron chi connectivity index (χ1n) is 5.85. The molecule has 0 spiro atoms. The van der Waals surface area contributed by atoms with Gasteiger partial charge in [0, 0.05) is 18.3 Å². The number of amides is 1. The predicted octanol–water partition coefficient (Wildman–Crippen LogP) is 1.87. The van der Waals surface area contributed by atoms with Gasteiger partial charge in [-0.2, -0.15) is 5.10 Å². The van der Waals surface area contributed by atoms with Crippen molar-refractivity contribution < 1.29 is 14.6 Å². The van der Waals surface area contributed by atoms with Crippen LogP contribution in [0.1, 0.15) is 17.3 Å². The molecule has 2 aromatic rings. The maximum Gasteiger partial charge on any atom is 0.255 e. The number of aromatic nitrogens is 2. The number of benzene rings is 1. The van der Waals surface area contributed by atoms with E-state index >= 15 is 0 Å². The molecule has 6 heteroatoms. The zero-order valence-corrected chi connectivity index (χ0v) is 10.8. The number of nitrogens with zero attached hydrogens (tertiary/aromatic N) is 2. The molecule has 0 aliphatic rings. The standard InChI is InChI=1S/C13H15N3O3/c1-3-16-8-10(7-14-16)15-13(18)9-4-5-12(19-2)11(17)6-9/h4-8,17H,3H2,1-2H3,(H,15,18). The topological polar surface area (TPSA) is 76.4 Å². The first-order valence-corrected chi connectivity index (χ1v) is 5.85. The van der Waals surface area contributed by atoms with Crippen LogP contribution in [0.15, 0.2) is 30.6 Å². The van der Waals surface area contributed by atoms with E-state index < -0.39 is 0 Å². The van der Waals surface area contributed by atoms with Crippen LogP contribution < -0.4 is 10.1 Å². The Kier molecular flexibility index (Phi) is 3.70. The number of phenolic OH excluding ortho intramolecular Hbond substituents is 1. The molecular weight excluding hydrogens is 246 g/mol. The molecule has 0 aliphatic carbocycles. The van der Waals surface area contributed by atoms with E-state index in [1.165, 1.54) is 13.2 Å². The number of carbonyl (C=O) groups excluding carboxylic acids is 1. The Labute approximate surface area is 110 Å². The van der Waals surface area contributed by atoms with E-state index in [-0.39, 0.29) is 11.7 Å². The van der Waals surface area contributed by atoms with Crippen LogP contribution in [0.2, 0.25) is 0 Å². The number of methoxy groups -OCH3 is 1. The molecule has 1 aromatic heterocycles. The molecule has 6 nitrogen and oxygen atoms in total. The Morgan fingerprint density at radius 2 is 2.32 bits per heavy atom. The summed E-state index contributed by atoms with van der Waals surface area (Å²) < 4.78 is 6.63. The number of hydrogen-bond donors (Lipinski definition) is 2. The van der Waals surface area contributed by atoms with Gasteiger partial charge in [0.05, 0.1) is 19.0 Å². The summed E-state index contributed by atoms with van der Waals surface area (Å²) in [7, 11) is 1.45. The molecule has 0 saturated heterocycles. The van der Waals surface area contributed by atoms with Gasteiger partial charge in [-0.05, 0) is 25.1 Å². The van der Waals surface area contributed by atoms with E-state index in [0.29, 0.717) is 17.0 Å². The second-order valence-electron chi connectivity index (χ2n) is 3.93. The zero-order chi connectivity index (χ0) is 13.8. The predicted molar refractivity (Wildman–Crippen MR) is 70.5 cm³/mol. The fourth-order valence-electron chi connectivity index (χ4n) is 1.64. The minimum Gasteiger partial charge on any atom is -0.504 e. The van der Waals surface area contributed by atoms with Gasteiger partial charge in [-0.3, -0.25) is 9.48 Å². The molecule has 0 aliphatic heterocycles. The van der Waals surface area contributed by atoms with Gasteiger partial charge in [-0.25, -0.2) is 0 Å². The van der Waals surface area contributed by atoms with E-state index in [0.717, 1.165) is 6.54 Å². The van der Waals surface area contributed by atoms with Crippen LogP contribution in [0.3, 0.4) is 0 Å². The second kappa shape index (κ2) is 5.43. The smallest absolute Gasteiger partial charge is 0.255 e. The molecule has 0 atom stereocenters. The molecule has 1 amide bonds. The summed E-state index contributed by atoms with van der Waals surface area (Å²) >= 11 is 0. The molecular formula is C13H15N3O3. The summed E-state index contributed by atoms with van der Waals surface area (Å²) in [6, 6.07) is 4.48. The number of hydrogen-bond acceptors (Lipinski definition) is 4. The third kappa shape index (κ3) is 2.85. The summed E-state index contributed by atoms with van der Waals surface area (Å²) in [6.07, 6.45) is 3.31. The van der Waals surface area contributed by atoms with E-state index in [4.69, 9.17) is 4.74 Å². The van der Waals surface area contributed by atoms with Crippen LogP contribution in [-0.4, -0.2) is 27.9 Å². The Balaban J connectivity index is 2.13. The molecule has 0 fully saturated rings. The van der Waals surface area contributed by atoms with Crippen molar-refractivity contribution in [2.75, 3.05) is 12.4 Å². The van der Waals surface area contributed by atoms with Gasteiger partial charge >= 0.3 is 0 Å². The Morgan fingerprint density at radius 1 is 1.53 bits per heavy atom. The fourth-order valence-corrected chi connectivity index (χ4v) is 1.64. The van der Waals surface area contributed by atoms with E-state index in [1.54, 1.807) is 29.2 Å². The van der Waals surface area contributed by atoms with Crippen molar-refractivity contribution in [3.63, 3.8) is 0 Å². The summed E-state index contributed by atoms with van der Waals surface area (Å²) in [6.45, 7) is 2.69. The third-order valence-electron chi connectivity index (χ3n) is 2.66. The largest absolute Gasteiger partial charge is 0.504 e. The van der Waals surface area contributed by atoms with Crippen molar-refractivity contribution in [2.24, 2.45) is 0 Å². The highest BCUT2D eigenvalue weighted by Gasteiger charge is 2.10. The first-order chi connectivity index (χ1) is 9.13. The molecule has 1 aromatic carbocycles. The van der Waals surface area contributed by atoms with E-state index in [1.807, 2.05) is 6.92 Å².